The predicted molar refractivity (Wildman–Crippen MR) is 133 cm³/mol. The van der Waals surface area contributed by atoms with E-state index in [1.54, 1.807) is 4.90 Å². The molecule has 164 valence electrons. The molecule has 3 aromatic carbocycles. The summed E-state index contributed by atoms with van der Waals surface area (Å²) in [6.07, 6.45) is 0. The molecule has 0 radical (unpaired) electrons. The van der Waals surface area contributed by atoms with Crippen molar-refractivity contribution >= 4 is 40.0 Å². The summed E-state index contributed by atoms with van der Waals surface area (Å²) in [5, 5.41) is 3.13. The first-order valence-corrected chi connectivity index (χ1v) is 11.5. The largest absolute Gasteiger partial charge is 0.337 e. The number of Topliss-reactive ketones (excluding diaryl/α,β-unsaturated/α-hetero) is 1. The highest BCUT2D eigenvalue weighted by Crippen LogP contribution is 2.33. The van der Waals surface area contributed by atoms with Crippen LogP contribution in [0.25, 0.3) is 0 Å². The van der Waals surface area contributed by atoms with E-state index in [2.05, 4.69) is 5.32 Å². The van der Waals surface area contributed by atoms with E-state index in [1.807, 2.05) is 105 Å². The topological polar surface area (TPSA) is 61.8 Å². The number of likely N-dealkylation sites (N-methyl/N-ethyl adjacent to an activating group) is 1. The van der Waals surface area contributed by atoms with Gasteiger partial charge in [0, 0.05) is 18.8 Å². The van der Waals surface area contributed by atoms with E-state index in [1.165, 1.54) is 11.8 Å². The van der Waals surface area contributed by atoms with Gasteiger partial charge >= 0.3 is 0 Å². The molecule has 0 aliphatic carbocycles. The molecule has 3 rings (SSSR count). The van der Waals surface area contributed by atoms with Crippen molar-refractivity contribution in [2.24, 2.45) is 4.99 Å². The molecule has 32 heavy (non-hydrogen) atoms. The molecule has 1 amide bonds. The van der Waals surface area contributed by atoms with E-state index in [0.717, 1.165) is 16.9 Å². The smallest absolute Gasteiger partial charge is 0.291 e. The molecule has 0 aliphatic heterocycles. The number of hydrogen-bond acceptors (Lipinski definition) is 4. The van der Waals surface area contributed by atoms with Crippen molar-refractivity contribution in [3.05, 3.63) is 96.6 Å². The minimum absolute atomic E-state index is 0.458. The summed E-state index contributed by atoms with van der Waals surface area (Å²) in [6.45, 7) is 4.72. The zero-order valence-electron chi connectivity index (χ0n) is 18.3. The van der Waals surface area contributed by atoms with Crippen molar-refractivity contribution in [1.82, 2.24) is 4.90 Å². The van der Waals surface area contributed by atoms with Gasteiger partial charge in [0.2, 0.25) is 5.78 Å². The highest BCUT2D eigenvalue weighted by molar-refractivity contribution is 8.15. The van der Waals surface area contributed by atoms with Gasteiger partial charge in [-0.25, -0.2) is 4.99 Å². The number of aliphatic imine (C=N–C) groups is 1. The van der Waals surface area contributed by atoms with E-state index in [4.69, 9.17) is 4.99 Å². The number of nitrogens with one attached hydrogen (secondary N) is 1. The maximum absolute atomic E-state index is 13.3. The van der Waals surface area contributed by atoms with Gasteiger partial charge in [0.1, 0.15) is 5.25 Å². The highest BCUT2D eigenvalue weighted by atomic mass is 32.2. The molecule has 0 saturated carbocycles. The normalized spacial score (nSPS) is 12.1. The Labute approximate surface area is 193 Å². The molecule has 6 heteroatoms. The fourth-order valence-corrected chi connectivity index (χ4v) is 4.20. The van der Waals surface area contributed by atoms with Crippen LogP contribution in [0.3, 0.4) is 0 Å². The van der Waals surface area contributed by atoms with Crippen LogP contribution < -0.4 is 5.32 Å². The summed E-state index contributed by atoms with van der Waals surface area (Å²) in [6, 6.07) is 28.6. The fourth-order valence-electron chi connectivity index (χ4n) is 3.14. The van der Waals surface area contributed by atoms with Crippen molar-refractivity contribution in [2.45, 2.75) is 19.1 Å². The molecule has 3 aromatic rings. The first-order valence-electron chi connectivity index (χ1n) is 10.6. The number of carbonyl (C=O) groups is 2. The van der Waals surface area contributed by atoms with Crippen LogP contribution in [0.15, 0.2) is 96.0 Å². The maximum Gasteiger partial charge on any atom is 0.291 e. The van der Waals surface area contributed by atoms with Gasteiger partial charge in [-0.05, 0) is 43.7 Å². The Kier molecular flexibility index (Phi) is 8.63. The number of anilines is 1. The van der Waals surface area contributed by atoms with Crippen LogP contribution in [0.5, 0.6) is 0 Å². The Balaban J connectivity index is 1.98. The number of amidine groups is 1. The minimum atomic E-state index is -0.719. The molecule has 1 atom stereocenters. The molecular formula is C26H27N3O2S. The van der Waals surface area contributed by atoms with Gasteiger partial charge < -0.3 is 10.2 Å². The summed E-state index contributed by atoms with van der Waals surface area (Å²) in [5.74, 6) is -0.935. The standard InChI is InChI=1S/C26H27N3O2S/c1-3-29(4-2)25(31)23(30)24(20-14-8-5-9-15-20)32-26(27-21-16-10-6-11-17-21)28-22-18-12-7-13-19-22/h5-19,24H,3-4H2,1-2H3,(H,27,28)/t24-/m1/s1. The lowest BCUT2D eigenvalue weighted by Gasteiger charge is -2.22. The minimum Gasteiger partial charge on any atom is -0.337 e. The van der Waals surface area contributed by atoms with Crippen LogP contribution in [-0.2, 0) is 9.59 Å². The lowest BCUT2D eigenvalue weighted by molar-refractivity contribution is -0.144. The number of hydrogen-bond donors (Lipinski definition) is 1. The number of para-hydroxylation sites is 2. The van der Waals surface area contributed by atoms with E-state index in [-0.39, 0.29) is 0 Å². The molecular weight excluding hydrogens is 418 g/mol. The molecule has 0 bridgehead atoms. The number of thioether (sulfide) groups is 1. The van der Waals surface area contributed by atoms with Crippen LogP contribution >= 0.6 is 11.8 Å². The summed E-state index contributed by atoms with van der Waals surface area (Å²) < 4.78 is 0. The molecule has 0 fully saturated rings. The van der Waals surface area contributed by atoms with Crippen LogP contribution in [0, 0.1) is 0 Å². The molecule has 1 N–H and O–H groups in total. The summed E-state index contributed by atoms with van der Waals surface area (Å²) >= 11 is 1.25. The van der Waals surface area contributed by atoms with Crippen molar-refractivity contribution < 1.29 is 9.59 Å². The zero-order valence-corrected chi connectivity index (χ0v) is 19.1. The van der Waals surface area contributed by atoms with Crippen LogP contribution in [0.4, 0.5) is 11.4 Å². The van der Waals surface area contributed by atoms with Gasteiger partial charge in [-0.15, -0.1) is 0 Å². The second kappa shape index (κ2) is 11.9. The van der Waals surface area contributed by atoms with Gasteiger partial charge in [-0.3, -0.25) is 9.59 Å². The Morgan fingerprint density at radius 2 is 1.38 bits per heavy atom. The van der Waals surface area contributed by atoms with Gasteiger partial charge in [0.15, 0.2) is 5.17 Å². The average molecular weight is 446 g/mol. The first kappa shape index (κ1) is 23.3. The zero-order chi connectivity index (χ0) is 22.8. The molecule has 0 heterocycles. The quantitative estimate of drug-likeness (QED) is 0.275. The SMILES string of the molecule is CCN(CC)C(=O)C(=O)[C@H](SC(=Nc1ccccc1)Nc1ccccc1)c1ccccc1. The highest BCUT2D eigenvalue weighted by Gasteiger charge is 2.31. The molecule has 0 aliphatic rings. The van der Waals surface area contributed by atoms with Crippen LogP contribution in [0.1, 0.15) is 24.7 Å². The number of nitrogens with zero attached hydrogens (tertiary/aromatic N) is 2. The molecule has 0 spiro atoms. The second-order valence-corrected chi connectivity index (χ2v) is 8.09. The van der Waals surface area contributed by atoms with Crippen LogP contribution in [-0.4, -0.2) is 34.8 Å². The van der Waals surface area contributed by atoms with Crippen molar-refractivity contribution in [2.75, 3.05) is 18.4 Å². The Bertz CT molecular complexity index is 1040. The predicted octanol–water partition coefficient (Wildman–Crippen LogP) is 5.70. The molecule has 0 aromatic heterocycles. The monoisotopic (exact) mass is 445 g/mol. The molecule has 5 nitrogen and oxygen atoms in total. The van der Waals surface area contributed by atoms with Gasteiger partial charge in [0.05, 0.1) is 5.69 Å². The summed E-state index contributed by atoms with van der Waals surface area (Å²) in [7, 11) is 0. The van der Waals surface area contributed by atoms with Crippen molar-refractivity contribution in [3.8, 4) is 0 Å². The lowest BCUT2D eigenvalue weighted by atomic mass is 10.1. The third-order valence-corrected chi connectivity index (χ3v) is 5.98. The second-order valence-electron chi connectivity index (χ2n) is 6.99. The summed E-state index contributed by atoms with van der Waals surface area (Å²) in [5.41, 5.74) is 2.37. The number of benzene rings is 3. The Morgan fingerprint density at radius 3 is 1.94 bits per heavy atom. The van der Waals surface area contributed by atoms with Crippen molar-refractivity contribution in [3.63, 3.8) is 0 Å². The van der Waals surface area contributed by atoms with E-state index in [9.17, 15) is 9.59 Å². The van der Waals surface area contributed by atoms with Crippen molar-refractivity contribution in [1.29, 1.82) is 0 Å². The van der Waals surface area contributed by atoms with E-state index >= 15 is 0 Å². The van der Waals surface area contributed by atoms with Gasteiger partial charge in [-0.2, -0.15) is 0 Å². The third-order valence-electron chi connectivity index (χ3n) is 4.84. The molecule has 0 unspecified atom stereocenters. The van der Waals surface area contributed by atoms with E-state index < -0.39 is 16.9 Å². The van der Waals surface area contributed by atoms with Gasteiger partial charge in [0.25, 0.3) is 5.91 Å². The average Bonchev–Trinajstić information content (AvgIpc) is 2.84. The summed E-state index contributed by atoms with van der Waals surface area (Å²) in [4.78, 5) is 32.6. The van der Waals surface area contributed by atoms with Gasteiger partial charge in [-0.1, -0.05) is 78.5 Å². The van der Waals surface area contributed by atoms with E-state index in [0.29, 0.717) is 18.3 Å². The number of amides is 1. The third kappa shape index (κ3) is 6.31. The number of rotatable bonds is 8. The first-order chi connectivity index (χ1) is 15.6. The Morgan fingerprint density at radius 1 is 0.844 bits per heavy atom. The molecule has 0 saturated heterocycles. The fraction of sp³-hybridized carbons (Fsp3) is 0.192. The Hall–Kier alpha value is -3.38. The number of ketones is 1. The maximum atomic E-state index is 13.3. The number of carbonyl (C=O) groups excluding carboxylic acids is 2. The lowest BCUT2D eigenvalue weighted by Crippen LogP contribution is -2.38. The van der Waals surface area contributed by atoms with Crippen LogP contribution in [0.2, 0.25) is 0 Å².